The zero-order valence-electron chi connectivity index (χ0n) is 11.1. The normalized spacial score (nSPS) is 15.6. The number of sulfonamides is 1. The molecule has 0 fully saturated rings. The average Bonchev–Trinajstić information content (AvgIpc) is 2.92. The van der Waals surface area contributed by atoms with Crippen molar-refractivity contribution in [2.24, 2.45) is 0 Å². The van der Waals surface area contributed by atoms with Crippen LogP contribution in [-0.2, 0) is 10.0 Å². The van der Waals surface area contributed by atoms with Crippen LogP contribution in [0.4, 0.5) is 11.6 Å². The fourth-order valence-corrected chi connectivity index (χ4v) is 4.88. The third-order valence-electron chi connectivity index (χ3n) is 3.10. The zero-order chi connectivity index (χ0) is 14.3. The van der Waals surface area contributed by atoms with Gasteiger partial charge >= 0.3 is 0 Å². The second-order valence-electron chi connectivity index (χ2n) is 4.37. The summed E-state index contributed by atoms with van der Waals surface area (Å²) in [7, 11) is -1.86. The van der Waals surface area contributed by atoms with Gasteiger partial charge in [-0.3, -0.25) is 4.31 Å². The van der Waals surface area contributed by atoms with E-state index in [0.29, 0.717) is 23.9 Å². The molecule has 3 heterocycles. The standard InChI is InChI=1S/C11H13BN4O2S2/c1-2-4-16-7-3-5-19-10(7)9-8(20(16,17)18)6-13-11(14-9)15-12/h3,5-6H,2,4,12H2,1H3,(H,13,14,15). The van der Waals surface area contributed by atoms with Crippen LogP contribution in [-0.4, -0.2) is 32.9 Å². The second-order valence-corrected chi connectivity index (χ2v) is 7.12. The molecule has 0 unspecified atom stereocenters. The predicted octanol–water partition coefficient (Wildman–Crippen LogP) is 1.08. The maximum atomic E-state index is 12.7. The van der Waals surface area contributed by atoms with Crippen LogP contribution in [0.1, 0.15) is 13.3 Å². The molecule has 0 amide bonds. The smallest absolute Gasteiger partial charge is 0.268 e. The van der Waals surface area contributed by atoms with Crippen LogP contribution in [0.15, 0.2) is 22.5 Å². The van der Waals surface area contributed by atoms with Gasteiger partial charge in [0.15, 0.2) is 0 Å². The number of rotatable bonds is 3. The van der Waals surface area contributed by atoms with E-state index in [1.165, 1.54) is 21.8 Å². The van der Waals surface area contributed by atoms with Gasteiger partial charge in [-0.2, -0.15) is 0 Å². The minimum absolute atomic E-state index is 0.180. The molecule has 9 heteroatoms. The molecule has 0 saturated heterocycles. The summed E-state index contributed by atoms with van der Waals surface area (Å²) in [6.45, 7) is 2.41. The van der Waals surface area contributed by atoms with Gasteiger partial charge in [-0.05, 0) is 17.9 Å². The first kappa shape index (κ1) is 13.4. The molecule has 1 aliphatic heterocycles. The van der Waals surface area contributed by atoms with Crippen LogP contribution in [0.25, 0.3) is 10.6 Å². The first-order valence-corrected chi connectivity index (χ1v) is 8.57. The van der Waals surface area contributed by atoms with E-state index in [9.17, 15) is 8.42 Å². The minimum atomic E-state index is -3.57. The summed E-state index contributed by atoms with van der Waals surface area (Å²) in [6, 6.07) is 1.83. The molecule has 20 heavy (non-hydrogen) atoms. The van der Waals surface area contributed by atoms with Crippen molar-refractivity contribution in [3.05, 3.63) is 17.6 Å². The highest BCUT2D eigenvalue weighted by molar-refractivity contribution is 7.93. The molecule has 2 aromatic heterocycles. The highest BCUT2D eigenvalue weighted by Crippen LogP contribution is 2.45. The Morgan fingerprint density at radius 2 is 2.30 bits per heavy atom. The zero-order valence-corrected chi connectivity index (χ0v) is 12.8. The number of nitrogens with zero attached hydrogens (tertiary/aromatic N) is 3. The van der Waals surface area contributed by atoms with Gasteiger partial charge < -0.3 is 5.23 Å². The van der Waals surface area contributed by atoms with Gasteiger partial charge in [0.25, 0.3) is 10.0 Å². The van der Waals surface area contributed by atoms with Crippen LogP contribution in [0, 0.1) is 0 Å². The molecule has 0 atom stereocenters. The van der Waals surface area contributed by atoms with Crippen molar-refractivity contribution in [1.82, 2.24) is 9.97 Å². The fraction of sp³-hybridized carbons (Fsp3) is 0.273. The fourth-order valence-electron chi connectivity index (χ4n) is 2.21. The van der Waals surface area contributed by atoms with Gasteiger partial charge in [0, 0.05) is 6.54 Å². The van der Waals surface area contributed by atoms with E-state index in [1.807, 2.05) is 18.4 Å². The molecular formula is C11H13BN4O2S2. The first-order valence-electron chi connectivity index (χ1n) is 6.25. The number of hydrogen-bond acceptors (Lipinski definition) is 6. The highest BCUT2D eigenvalue weighted by Gasteiger charge is 2.36. The predicted molar refractivity (Wildman–Crippen MR) is 82.3 cm³/mol. The van der Waals surface area contributed by atoms with Crippen molar-refractivity contribution in [3.8, 4) is 10.6 Å². The van der Waals surface area contributed by atoms with Gasteiger partial charge in [0.05, 0.1) is 16.8 Å². The SMILES string of the molecule is BNc1ncc2c(n1)-c1sccc1N(CCC)S2(=O)=O. The van der Waals surface area contributed by atoms with Gasteiger partial charge in [-0.15, -0.1) is 11.3 Å². The molecule has 104 valence electrons. The average molecular weight is 308 g/mol. The third-order valence-corrected chi connectivity index (χ3v) is 5.83. The van der Waals surface area contributed by atoms with Crippen LogP contribution in [0.3, 0.4) is 0 Å². The first-order chi connectivity index (χ1) is 9.59. The summed E-state index contributed by atoms with van der Waals surface area (Å²) in [6.07, 6.45) is 2.13. The molecular weight excluding hydrogens is 295 g/mol. The number of anilines is 2. The van der Waals surface area contributed by atoms with Gasteiger partial charge in [0.1, 0.15) is 10.6 Å². The molecule has 0 aliphatic carbocycles. The Morgan fingerprint density at radius 1 is 1.50 bits per heavy atom. The lowest BCUT2D eigenvalue weighted by Crippen LogP contribution is -2.34. The Bertz CT molecular complexity index is 760. The number of aromatic nitrogens is 2. The summed E-state index contributed by atoms with van der Waals surface area (Å²) in [4.78, 5) is 9.41. The Balaban J connectivity index is 2.29. The van der Waals surface area contributed by atoms with Gasteiger partial charge in [-0.25, -0.2) is 18.4 Å². The summed E-state index contributed by atoms with van der Waals surface area (Å²) < 4.78 is 26.8. The summed E-state index contributed by atoms with van der Waals surface area (Å²) in [5.41, 5.74) is 1.20. The Morgan fingerprint density at radius 3 is 3.00 bits per heavy atom. The number of nitrogens with one attached hydrogen (secondary N) is 1. The molecule has 3 rings (SSSR count). The molecule has 6 nitrogen and oxygen atoms in total. The van der Waals surface area contributed by atoms with Crippen LogP contribution < -0.4 is 9.53 Å². The second kappa shape index (κ2) is 4.74. The van der Waals surface area contributed by atoms with Crippen molar-refractivity contribution in [2.75, 3.05) is 16.1 Å². The van der Waals surface area contributed by atoms with Crippen molar-refractivity contribution in [2.45, 2.75) is 18.2 Å². The van der Waals surface area contributed by atoms with E-state index in [1.54, 1.807) is 7.98 Å². The maximum Gasteiger partial charge on any atom is 0.268 e. The number of hydrogen-bond donors (Lipinski definition) is 1. The monoisotopic (exact) mass is 308 g/mol. The van der Waals surface area contributed by atoms with E-state index in [-0.39, 0.29) is 4.90 Å². The van der Waals surface area contributed by atoms with Crippen LogP contribution in [0.5, 0.6) is 0 Å². The molecule has 0 bridgehead atoms. The summed E-state index contributed by atoms with van der Waals surface area (Å²) in [5.74, 6) is 0.419. The maximum absolute atomic E-state index is 12.7. The van der Waals surface area contributed by atoms with E-state index in [0.717, 1.165) is 11.3 Å². The third kappa shape index (κ3) is 1.81. The van der Waals surface area contributed by atoms with Gasteiger partial charge in [-0.1, -0.05) is 6.92 Å². The molecule has 0 saturated carbocycles. The molecule has 2 aromatic rings. The molecule has 1 aliphatic rings. The molecule has 1 N–H and O–H groups in total. The minimum Gasteiger partial charge on any atom is -0.404 e. The van der Waals surface area contributed by atoms with Crippen LogP contribution in [0.2, 0.25) is 0 Å². The highest BCUT2D eigenvalue weighted by atomic mass is 32.2. The molecule has 0 aromatic carbocycles. The lowest BCUT2D eigenvalue weighted by Gasteiger charge is -2.28. The van der Waals surface area contributed by atoms with Crippen LogP contribution >= 0.6 is 11.3 Å². The largest absolute Gasteiger partial charge is 0.404 e. The molecule has 0 radical (unpaired) electrons. The topological polar surface area (TPSA) is 75.2 Å². The van der Waals surface area contributed by atoms with E-state index < -0.39 is 10.0 Å². The lowest BCUT2D eigenvalue weighted by atomic mass is 10.2. The van der Waals surface area contributed by atoms with E-state index >= 15 is 0 Å². The Hall–Kier alpha value is -1.61. The Labute approximate surface area is 122 Å². The lowest BCUT2D eigenvalue weighted by molar-refractivity contribution is 0.588. The quantitative estimate of drug-likeness (QED) is 0.859. The molecule has 0 spiro atoms. The van der Waals surface area contributed by atoms with Crippen molar-refractivity contribution < 1.29 is 8.42 Å². The summed E-state index contributed by atoms with van der Waals surface area (Å²) >= 11 is 1.49. The van der Waals surface area contributed by atoms with Crippen molar-refractivity contribution in [3.63, 3.8) is 0 Å². The summed E-state index contributed by atoms with van der Waals surface area (Å²) in [5, 5.41) is 4.73. The van der Waals surface area contributed by atoms with Gasteiger partial charge in [0.2, 0.25) is 13.9 Å². The number of thiophene rings is 1. The van der Waals surface area contributed by atoms with E-state index in [4.69, 9.17) is 0 Å². The van der Waals surface area contributed by atoms with E-state index in [2.05, 4.69) is 15.2 Å². The van der Waals surface area contributed by atoms with Crippen molar-refractivity contribution >= 4 is 41.0 Å². The Kier molecular flexibility index (Phi) is 3.17. The number of fused-ring (bicyclic) bond motifs is 3. The van der Waals surface area contributed by atoms with Crippen molar-refractivity contribution in [1.29, 1.82) is 0 Å².